The first-order chi connectivity index (χ1) is 40.0. The number of hydrogen-bond acceptors (Lipinski definition) is 2. The van der Waals surface area contributed by atoms with Crippen LogP contribution in [0.2, 0.25) is 0 Å². The van der Waals surface area contributed by atoms with E-state index in [1.807, 2.05) is 0 Å². The summed E-state index contributed by atoms with van der Waals surface area (Å²) in [5.41, 5.74) is 2.24. The van der Waals surface area contributed by atoms with Crippen molar-refractivity contribution >= 4 is 23.2 Å². The molecule has 0 aromatic carbocycles. The molecule has 0 saturated heterocycles. The summed E-state index contributed by atoms with van der Waals surface area (Å²) >= 11 is 17.4. The molecule has 0 aliphatic heterocycles. The normalized spacial score (nSPS) is 47.9. The molecule has 4 heteroatoms. The van der Waals surface area contributed by atoms with Gasteiger partial charge in [-0.2, -0.15) is 0 Å². The Kier molecular flexibility index (Phi) is 18.9. The van der Waals surface area contributed by atoms with Gasteiger partial charge in [-0.25, -0.2) is 0 Å². The molecule has 2 nitrogen and oxygen atoms in total. The van der Waals surface area contributed by atoms with Crippen molar-refractivity contribution in [2.75, 3.05) is 0 Å². The third-order valence-electron chi connectivity index (χ3n) is 32.6. The van der Waals surface area contributed by atoms with Gasteiger partial charge in [0.05, 0.1) is 10.8 Å². The maximum absolute atomic E-state index is 8.72. The van der Waals surface area contributed by atoms with E-state index in [2.05, 4.69) is 65.2 Å². The Morgan fingerprint density at radius 3 is 0.756 bits per heavy atom. The van der Waals surface area contributed by atoms with Crippen LogP contribution in [0.1, 0.15) is 325 Å². The van der Waals surface area contributed by atoms with Gasteiger partial charge in [-0.3, -0.25) is 9.80 Å². The van der Waals surface area contributed by atoms with E-state index < -0.39 is 0 Å². The summed E-state index contributed by atoms with van der Waals surface area (Å²) in [6.07, 6.45) is 61.4. The van der Waals surface area contributed by atoms with E-state index in [1.54, 1.807) is 12.8 Å². The number of alkyl halides is 2. The minimum atomic E-state index is 0.189. The topological polar surface area (TPSA) is 6.48 Å². The lowest BCUT2D eigenvalue weighted by molar-refractivity contribution is -0.0645. The van der Waals surface area contributed by atoms with Crippen molar-refractivity contribution in [3.05, 3.63) is 0 Å². The monoisotopic (exact) mass is 1170 g/mol. The molecule has 0 radical (unpaired) electrons. The van der Waals surface area contributed by atoms with E-state index in [4.69, 9.17) is 23.2 Å². The van der Waals surface area contributed by atoms with Crippen LogP contribution >= 0.6 is 23.2 Å². The summed E-state index contributed by atoms with van der Waals surface area (Å²) in [4.78, 5) is 6.81. The van der Waals surface area contributed by atoms with Crippen LogP contribution in [-0.4, -0.2) is 56.8 Å². The molecular formula is C78H132Cl2N2. The molecule has 0 aromatic rings. The second-order valence-corrected chi connectivity index (χ2v) is 35.2. The Morgan fingerprint density at radius 2 is 0.500 bits per heavy atom. The quantitative estimate of drug-likeness (QED) is 0.126. The molecule has 24 unspecified atom stereocenters. The highest BCUT2D eigenvalue weighted by Gasteiger charge is 2.66. The maximum atomic E-state index is 8.72. The fourth-order valence-electron chi connectivity index (χ4n) is 30.7. The molecule has 0 bridgehead atoms. The van der Waals surface area contributed by atoms with Crippen LogP contribution in [0.3, 0.4) is 0 Å². The highest BCUT2D eigenvalue weighted by atomic mass is 35.5. The molecule has 0 aromatic heterocycles. The Hall–Kier alpha value is 0.500. The first-order valence-corrected chi connectivity index (χ1v) is 39.8. The van der Waals surface area contributed by atoms with Crippen LogP contribution in [0.25, 0.3) is 0 Å². The van der Waals surface area contributed by atoms with E-state index in [9.17, 15) is 0 Å². The highest BCUT2D eigenvalue weighted by Crippen LogP contribution is 2.72. The largest absolute Gasteiger partial charge is 0.293 e. The van der Waals surface area contributed by atoms with Crippen LogP contribution in [0.4, 0.5) is 0 Å². The molecule has 13 rings (SSSR count). The maximum Gasteiger partial charge on any atom is 0.0507 e. The number of nitrogens with zero attached hydrogens (tertiary/aromatic N) is 2. The van der Waals surface area contributed by atoms with Crippen molar-refractivity contribution in [2.45, 2.75) is 372 Å². The summed E-state index contributed by atoms with van der Waals surface area (Å²) in [5.74, 6) is 15.5. The minimum Gasteiger partial charge on any atom is -0.293 e. The molecule has 82 heavy (non-hydrogen) atoms. The molecule has 0 amide bonds. The van der Waals surface area contributed by atoms with Crippen molar-refractivity contribution < 1.29 is 0 Å². The summed E-state index contributed by atoms with van der Waals surface area (Å²) in [6.45, 7) is 20.9. The van der Waals surface area contributed by atoms with Crippen LogP contribution in [0.5, 0.6) is 0 Å². The second-order valence-electron chi connectivity index (χ2n) is 34.0. The zero-order valence-electron chi connectivity index (χ0n) is 55.2. The molecule has 13 aliphatic carbocycles. The van der Waals surface area contributed by atoms with Gasteiger partial charge in [0, 0.05) is 36.3 Å². The lowest BCUT2D eigenvalue weighted by Crippen LogP contribution is -2.64. The van der Waals surface area contributed by atoms with Gasteiger partial charge >= 0.3 is 0 Å². The van der Waals surface area contributed by atoms with Crippen molar-refractivity contribution in [2.24, 2.45) is 116 Å². The van der Waals surface area contributed by atoms with Gasteiger partial charge < -0.3 is 0 Å². The number of halogens is 2. The fraction of sp³-hybridized carbons (Fsp3) is 1.00. The molecule has 24 atom stereocenters. The minimum absolute atomic E-state index is 0.189. The molecule has 0 N–H and O–H groups in total. The first-order valence-electron chi connectivity index (χ1n) is 38.9. The SMILES string of the molecule is CCCC1(CCC)C2CCCCC2C2CCC(N(C3CCC4C5CCCCC5C(CC)(CC)C4C3)C3CC(Cl)C(N(C4CCC5C6CCCCC6C(CC)(CC)C5C4)C4CCC5C6CCCCC6C(CCC)(CCC)C5C4)CC3Cl)CC21. The van der Waals surface area contributed by atoms with Crippen LogP contribution in [-0.2, 0) is 0 Å². The summed E-state index contributed by atoms with van der Waals surface area (Å²) in [6, 6.07) is 3.57. The smallest absolute Gasteiger partial charge is 0.0507 e. The van der Waals surface area contributed by atoms with Gasteiger partial charge in [0.2, 0.25) is 0 Å². The highest BCUT2D eigenvalue weighted by molar-refractivity contribution is 6.23. The third-order valence-corrected chi connectivity index (χ3v) is 33.5. The Bertz CT molecular complexity index is 1920. The van der Waals surface area contributed by atoms with Gasteiger partial charge in [-0.05, 0) is 309 Å². The Morgan fingerprint density at radius 1 is 0.268 bits per heavy atom. The predicted octanol–water partition coefficient (Wildman–Crippen LogP) is 22.5. The van der Waals surface area contributed by atoms with Crippen molar-refractivity contribution in [1.29, 1.82) is 0 Å². The zero-order chi connectivity index (χ0) is 56.7. The fourth-order valence-corrected chi connectivity index (χ4v) is 31.5. The van der Waals surface area contributed by atoms with Crippen molar-refractivity contribution in [3.8, 4) is 0 Å². The standard InChI is InChI=1S/C78H132Cl2N2/c1-9-41-77(42-10-2)65-31-23-19-27-57(65)61-39-35-53(47-69(61)77)81(51-33-37-59-55-25-17-21-29-63(55)75(13-5,14-6)67(59)45-51)73-49-72(80)74(50-71(73)79)82(52-34-38-60-56-26-18-22-30-64(56)76(15-7,16-8)68(60)46-52)54-36-40-62-58-28-20-24-32-66(58)78(43-11-3,44-12-4)70(62)48-54/h51-74H,9-50H2,1-8H3. The average molecular weight is 1170 g/mol. The lowest BCUT2D eigenvalue weighted by Gasteiger charge is -2.58. The summed E-state index contributed by atoms with van der Waals surface area (Å²) < 4.78 is 0. The molecular weight excluding hydrogens is 1040 g/mol. The van der Waals surface area contributed by atoms with Crippen molar-refractivity contribution in [3.63, 3.8) is 0 Å². The molecule has 13 saturated carbocycles. The van der Waals surface area contributed by atoms with E-state index >= 15 is 0 Å². The van der Waals surface area contributed by atoms with E-state index in [0.717, 1.165) is 108 Å². The molecule has 0 heterocycles. The van der Waals surface area contributed by atoms with Gasteiger partial charge in [0.15, 0.2) is 0 Å². The number of fused-ring (bicyclic) bond motifs is 12. The summed E-state index contributed by atoms with van der Waals surface area (Å²) in [7, 11) is 0. The Balaban J connectivity index is 0.855. The first kappa shape index (κ1) is 61.4. The second kappa shape index (κ2) is 25.3. The van der Waals surface area contributed by atoms with E-state index in [-0.39, 0.29) is 10.8 Å². The predicted molar refractivity (Wildman–Crippen MR) is 351 cm³/mol. The van der Waals surface area contributed by atoms with E-state index in [1.165, 1.54) is 244 Å². The average Bonchev–Trinajstić information content (AvgIpc) is 3.04. The van der Waals surface area contributed by atoms with E-state index in [0.29, 0.717) is 57.9 Å². The van der Waals surface area contributed by atoms with Gasteiger partial charge in [0.25, 0.3) is 0 Å². The van der Waals surface area contributed by atoms with Gasteiger partial charge in [0.1, 0.15) is 0 Å². The lowest BCUT2D eigenvalue weighted by atomic mass is 9.60. The van der Waals surface area contributed by atoms with Crippen molar-refractivity contribution in [1.82, 2.24) is 9.80 Å². The Labute approximate surface area is 518 Å². The number of hydrogen-bond donors (Lipinski definition) is 0. The summed E-state index contributed by atoms with van der Waals surface area (Å²) in [5, 5.41) is 0.379. The molecule has 468 valence electrons. The molecule has 13 aliphatic rings. The third kappa shape index (κ3) is 9.74. The number of rotatable bonds is 18. The molecule has 0 spiro atoms. The van der Waals surface area contributed by atoms with Crippen LogP contribution in [0, 0.1) is 116 Å². The molecule has 13 fully saturated rings. The van der Waals surface area contributed by atoms with Gasteiger partial charge in [-0.1, -0.05) is 132 Å². The van der Waals surface area contributed by atoms with Crippen LogP contribution < -0.4 is 0 Å². The van der Waals surface area contributed by atoms with Crippen LogP contribution in [0.15, 0.2) is 0 Å². The zero-order valence-corrected chi connectivity index (χ0v) is 56.7. The van der Waals surface area contributed by atoms with Gasteiger partial charge in [-0.15, -0.1) is 23.2 Å².